The molecule has 1 fully saturated rings. The summed E-state index contributed by atoms with van der Waals surface area (Å²) in [5.74, 6) is 0.650. The average molecular weight is 494 g/mol. The van der Waals surface area contributed by atoms with Gasteiger partial charge in [0.05, 0.1) is 25.4 Å². The maximum atomic E-state index is 13.0. The third-order valence-corrected chi connectivity index (χ3v) is 8.02. The maximum absolute atomic E-state index is 13.0. The highest BCUT2D eigenvalue weighted by atomic mass is 32.2. The fraction of sp³-hybridized carbons (Fsp3) is 0.296. The normalized spacial score (nSPS) is 15.9. The molecule has 3 aromatic rings. The zero-order chi connectivity index (χ0) is 24.7. The summed E-state index contributed by atoms with van der Waals surface area (Å²) in [6, 6.07) is 26.4. The Labute approximate surface area is 207 Å². The summed E-state index contributed by atoms with van der Waals surface area (Å²) in [4.78, 5) is 15.0. The molecule has 0 radical (unpaired) electrons. The molecule has 0 unspecified atom stereocenters. The van der Waals surface area contributed by atoms with Crippen molar-refractivity contribution in [1.82, 2.24) is 14.5 Å². The molecule has 1 heterocycles. The lowest BCUT2D eigenvalue weighted by Gasteiger charge is -2.34. The Kier molecular flexibility index (Phi) is 8.17. The number of carbonyl (C=O) groups excluding carboxylic acids is 1. The molecule has 0 bridgehead atoms. The summed E-state index contributed by atoms with van der Waals surface area (Å²) in [5.41, 5.74) is 2.73. The lowest BCUT2D eigenvalue weighted by atomic mass is 9.98. The van der Waals surface area contributed by atoms with Crippen LogP contribution in [0.15, 0.2) is 84.9 Å². The summed E-state index contributed by atoms with van der Waals surface area (Å²) < 4.78 is 32.4. The van der Waals surface area contributed by atoms with Gasteiger partial charge in [-0.2, -0.15) is 4.31 Å². The van der Waals surface area contributed by atoms with Gasteiger partial charge in [0, 0.05) is 26.2 Å². The standard InChI is InChI=1S/C27H31N3O4S/c1-34-25-14-12-24(13-15-25)27(23-10-6-3-7-11-23)28-26(31)20-29-16-18-30(19-17-29)35(32,33)21-22-8-4-2-5-9-22/h2-15,27H,16-21H2,1H3,(H,28,31)/t27-/m0/s1. The van der Waals surface area contributed by atoms with Crippen molar-refractivity contribution in [2.45, 2.75) is 11.8 Å². The molecular weight excluding hydrogens is 462 g/mol. The van der Waals surface area contributed by atoms with Crippen LogP contribution in [0.1, 0.15) is 22.7 Å². The Balaban J connectivity index is 1.35. The van der Waals surface area contributed by atoms with Crippen LogP contribution < -0.4 is 10.1 Å². The minimum atomic E-state index is -3.39. The lowest BCUT2D eigenvalue weighted by Crippen LogP contribution is -2.51. The van der Waals surface area contributed by atoms with Gasteiger partial charge in [0.2, 0.25) is 15.9 Å². The molecule has 1 N–H and O–H groups in total. The molecule has 4 rings (SSSR count). The van der Waals surface area contributed by atoms with Crippen LogP contribution in [-0.4, -0.2) is 63.4 Å². The van der Waals surface area contributed by atoms with E-state index in [1.807, 2.05) is 89.8 Å². The number of ether oxygens (including phenoxy) is 1. The minimum absolute atomic E-state index is 0.00502. The SMILES string of the molecule is COc1ccc([C@@H](NC(=O)CN2CCN(S(=O)(=O)Cc3ccccc3)CC2)c2ccccc2)cc1. The molecule has 0 aliphatic carbocycles. The predicted molar refractivity (Wildman–Crippen MR) is 137 cm³/mol. The van der Waals surface area contributed by atoms with E-state index in [0.717, 1.165) is 22.4 Å². The first-order valence-electron chi connectivity index (χ1n) is 11.7. The van der Waals surface area contributed by atoms with Gasteiger partial charge in [-0.1, -0.05) is 72.8 Å². The molecular formula is C27H31N3O4S. The number of hydrogen-bond donors (Lipinski definition) is 1. The van der Waals surface area contributed by atoms with E-state index < -0.39 is 10.0 Å². The number of hydrogen-bond acceptors (Lipinski definition) is 5. The largest absolute Gasteiger partial charge is 0.497 e. The summed E-state index contributed by atoms with van der Waals surface area (Å²) in [6.45, 7) is 2.00. The van der Waals surface area contributed by atoms with E-state index in [1.165, 1.54) is 4.31 Å². The summed E-state index contributed by atoms with van der Waals surface area (Å²) in [7, 11) is -1.77. The van der Waals surface area contributed by atoms with Crippen molar-refractivity contribution < 1.29 is 17.9 Å². The van der Waals surface area contributed by atoms with E-state index in [9.17, 15) is 13.2 Å². The molecule has 1 aliphatic heterocycles. The number of nitrogens with one attached hydrogen (secondary N) is 1. The number of benzene rings is 3. The number of carbonyl (C=O) groups is 1. The highest BCUT2D eigenvalue weighted by Crippen LogP contribution is 2.24. The topological polar surface area (TPSA) is 79.0 Å². The van der Waals surface area contributed by atoms with Crippen LogP contribution >= 0.6 is 0 Å². The molecule has 7 nitrogen and oxygen atoms in total. The first kappa shape index (κ1) is 24.9. The quantitative estimate of drug-likeness (QED) is 0.496. The molecule has 1 amide bonds. The van der Waals surface area contributed by atoms with Crippen molar-refractivity contribution in [3.8, 4) is 5.75 Å². The van der Waals surface area contributed by atoms with E-state index in [0.29, 0.717) is 26.2 Å². The van der Waals surface area contributed by atoms with E-state index in [4.69, 9.17) is 4.74 Å². The van der Waals surface area contributed by atoms with Crippen molar-refractivity contribution in [3.63, 3.8) is 0 Å². The van der Waals surface area contributed by atoms with E-state index >= 15 is 0 Å². The van der Waals surface area contributed by atoms with E-state index in [-0.39, 0.29) is 24.2 Å². The average Bonchev–Trinajstić information content (AvgIpc) is 2.88. The van der Waals surface area contributed by atoms with Crippen LogP contribution in [0, 0.1) is 0 Å². The first-order valence-corrected chi connectivity index (χ1v) is 13.3. The van der Waals surface area contributed by atoms with Crippen molar-refractivity contribution in [2.75, 3.05) is 39.8 Å². The fourth-order valence-corrected chi connectivity index (χ4v) is 5.77. The van der Waals surface area contributed by atoms with E-state index in [2.05, 4.69) is 5.32 Å². The molecule has 184 valence electrons. The molecule has 0 aromatic heterocycles. The highest BCUT2D eigenvalue weighted by Gasteiger charge is 2.28. The summed E-state index contributed by atoms with van der Waals surface area (Å²) in [5, 5.41) is 3.16. The van der Waals surface area contributed by atoms with E-state index in [1.54, 1.807) is 7.11 Å². The lowest BCUT2D eigenvalue weighted by molar-refractivity contribution is -0.123. The van der Waals surface area contributed by atoms with Crippen LogP contribution in [0.3, 0.4) is 0 Å². The second-order valence-electron chi connectivity index (χ2n) is 8.60. The van der Waals surface area contributed by atoms with Gasteiger partial charge in [-0.15, -0.1) is 0 Å². The number of amides is 1. The van der Waals surface area contributed by atoms with Gasteiger partial charge in [0.15, 0.2) is 0 Å². The number of piperazine rings is 1. The Morgan fingerprint density at radius 1 is 0.857 bits per heavy atom. The summed E-state index contributed by atoms with van der Waals surface area (Å²) in [6.07, 6.45) is 0. The van der Waals surface area contributed by atoms with Crippen LogP contribution in [0.4, 0.5) is 0 Å². The van der Waals surface area contributed by atoms with Crippen molar-refractivity contribution in [2.24, 2.45) is 0 Å². The Bertz CT molecular complexity index is 1190. The molecule has 3 aromatic carbocycles. The molecule has 1 saturated heterocycles. The Morgan fingerprint density at radius 3 is 2.03 bits per heavy atom. The van der Waals surface area contributed by atoms with Crippen molar-refractivity contribution in [1.29, 1.82) is 0 Å². The molecule has 35 heavy (non-hydrogen) atoms. The Hall–Kier alpha value is -3.20. The second kappa shape index (κ2) is 11.5. The monoisotopic (exact) mass is 493 g/mol. The zero-order valence-electron chi connectivity index (χ0n) is 19.8. The third kappa shape index (κ3) is 6.69. The van der Waals surface area contributed by atoms with Gasteiger partial charge in [0.1, 0.15) is 5.75 Å². The van der Waals surface area contributed by atoms with Gasteiger partial charge < -0.3 is 10.1 Å². The molecule has 0 saturated carbocycles. The second-order valence-corrected chi connectivity index (χ2v) is 10.6. The first-order chi connectivity index (χ1) is 16.9. The van der Waals surface area contributed by atoms with Crippen molar-refractivity contribution >= 4 is 15.9 Å². The number of sulfonamides is 1. The third-order valence-electron chi connectivity index (χ3n) is 6.17. The molecule has 8 heteroatoms. The number of methoxy groups -OCH3 is 1. The molecule has 1 aliphatic rings. The maximum Gasteiger partial charge on any atom is 0.234 e. The van der Waals surface area contributed by atoms with Crippen LogP contribution in [0.25, 0.3) is 0 Å². The van der Waals surface area contributed by atoms with Gasteiger partial charge in [-0.25, -0.2) is 8.42 Å². The van der Waals surface area contributed by atoms with Crippen molar-refractivity contribution in [3.05, 3.63) is 102 Å². The van der Waals surface area contributed by atoms with Crippen LogP contribution in [0.2, 0.25) is 0 Å². The smallest absolute Gasteiger partial charge is 0.234 e. The number of rotatable bonds is 9. The predicted octanol–water partition coefficient (Wildman–Crippen LogP) is 3.05. The molecule has 0 spiro atoms. The van der Waals surface area contributed by atoms with Gasteiger partial charge in [-0.3, -0.25) is 9.69 Å². The summed E-state index contributed by atoms with van der Waals surface area (Å²) >= 11 is 0. The highest BCUT2D eigenvalue weighted by molar-refractivity contribution is 7.88. The van der Waals surface area contributed by atoms with Gasteiger partial charge in [0.25, 0.3) is 0 Å². The fourth-order valence-electron chi connectivity index (χ4n) is 4.25. The molecule has 1 atom stereocenters. The van der Waals surface area contributed by atoms with Gasteiger partial charge >= 0.3 is 0 Å². The Morgan fingerprint density at radius 2 is 1.43 bits per heavy atom. The number of nitrogens with zero attached hydrogens (tertiary/aromatic N) is 2. The van der Waals surface area contributed by atoms with Crippen LogP contribution in [-0.2, 0) is 20.6 Å². The minimum Gasteiger partial charge on any atom is -0.497 e. The van der Waals surface area contributed by atoms with Gasteiger partial charge in [-0.05, 0) is 28.8 Å². The van der Waals surface area contributed by atoms with Crippen LogP contribution in [0.5, 0.6) is 5.75 Å². The zero-order valence-corrected chi connectivity index (χ0v) is 20.7.